The maximum absolute atomic E-state index is 5.73. The van der Waals surface area contributed by atoms with Crippen LogP contribution in [0.5, 0.6) is 0 Å². The summed E-state index contributed by atoms with van der Waals surface area (Å²) in [7, 11) is 0. The van der Waals surface area contributed by atoms with E-state index in [2.05, 4.69) is 18.3 Å². The van der Waals surface area contributed by atoms with Gasteiger partial charge < -0.3 is 11.1 Å². The summed E-state index contributed by atoms with van der Waals surface area (Å²) < 4.78 is 0. The zero-order chi connectivity index (χ0) is 12.3. The summed E-state index contributed by atoms with van der Waals surface area (Å²) in [6, 6.07) is 8.61. The SMILES string of the molecule is CC1CCC(Nc2ccccc2C(N)=S)CC1. The Morgan fingerprint density at radius 2 is 1.88 bits per heavy atom. The highest BCUT2D eigenvalue weighted by Crippen LogP contribution is 2.27. The number of rotatable bonds is 3. The Morgan fingerprint density at radius 3 is 2.53 bits per heavy atom. The highest BCUT2D eigenvalue weighted by Gasteiger charge is 2.18. The van der Waals surface area contributed by atoms with Gasteiger partial charge in [0.15, 0.2) is 0 Å². The van der Waals surface area contributed by atoms with Crippen molar-refractivity contribution in [2.75, 3.05) is 5.32 Å². The number of nitrogens with two attached hydrogens (primary N) is 1. The van der Waals surface area contributed by atoms with Gasteiger partial charge >= 0.3 is 0 Å². The molecule has 92 valence electrons. The van der Waals surface area contributed by atoms with Gasteiger partial charge in [-0.3, -0.25) is 0 Å². The first-order valence-corrected chi connectivity index (χ1v) is 6.73. The monoisotopic (exact) mass is 248 g/mol. The Bertz CT molecular complexity index is 395. The Labute approximate surface area is 109 Å². The summed E-state index contributed by atoms with van der Waals surface area (Å²) in [4.78, 5) is 0.470. The molecule has 3 N–H and O–H groups in total. The summed E-state index contributed by atoms with van der Waals surface area (Å²) >= 11 is 5.07. The standard InChI is InChI=1S/C14H20N2S/c1-10-6-8-11(9-7-10)16-13-5-3-2-4-12(13)14(15)17/h2-5,10-11,16H,6-9H2,1H3,(H2,15,17). The lowest BCUT2D eigenvalue weighted by Crippen LogP contribution is -2.26. The van der Waals surface area contributed by atoms with Gasteiger partial charge in [-0.2, -0.15) is 0 Å². The number of thiocarbonyl (C=S) groups is 1. The van der Waals surface area contributed by atoms with Crippen LogP contribution in [0.25, 0.3) is 0 Å². The number of hydrogen-bond donors (Lipinski definition) is 2. The van der Waals surface area contributed by atoms with E-state index < -0.39 is 0 Å². The molecule has 2 nitrogen and oxygen atoms in total. The highest BCUT2D eigenvalue weighted by molar-refractivity contribution is 7.80. The van der Waals surface area contributed by atoms with E-state index >= 15 is 0 Å². The van der Waals surface area contributed by atoms with Gasteiger partial charge in [-0.05, 0) is 43.7 Å². The van der Waals surface area contributed by atoms with Crippen LogP contribution in [0.4, 0.5) is 5.69 Å². The third kappa shape index (κ3) is 3.19. The number of hydrogen-bond acceptors (Lipinski definition) is 2. The molecule has 1 aliphatic carbocycles. The molecule has 3 heteroatoms. The summed E-state index contributed by atoms with van der Waals surface area (Å²) in [5.74, 6) is 0.874. The number of para-hydroxylation sites is 1. The van der Waals surface area contributed by atoms with Gasteiger partial charge in [0.1, 0.15) is 4.99 Å². The van der Waals surface area contributed by atoms with Crippen LogP contribution in [0.2, 0.25) is 0 Å². The molecule has 0 spiro atoms. The fourth-order valence-electron chi connectivity index (χ4n) is 2.45. The minimum absolute atomic E-state index is 0.470. The van der Waals surface area contributed by atoms with Crippen molar-refractivity contribution in [1.29, 1.82) is 0 Å². The molecule has 1 aromatic carbocycles. The normalized spacial score (nSPS) is 24.3. The van der Waals surface area contributed by atoms with Crippen molar-refractivity contribution in [3.63, 3.8) is 0 Å². The van der Waals surface area contributed by atoms with Gasteiger partial charge in [-0.25, -0.2) is 0 Å². The molecule has 1 aliphatic rings. The maximum atomic E-state index is 5.73. The molecule has 0 saturated heterocycles. The van der Waals surface area contributed by atoms with Crippen LogP contribution >= 0.6 is 12.2 Å². The summed E-state index contributed by atoms with van der Waals surface area (Å²) in [5.41, 5.74) is 7.78. The highest BCUT2D eigenvalue weighted by atomic mass is 32.1. The van der Waals surface area contributed by atoms with E-state index in [1.165, 1.54) is 25.7 Å². The molecule has 1 saturated carbocycles. The van der Waals surface area contributed by atoms with Crippen molar-refractivity contribution in [3.8, 4) is 0 Å². The molecule has 0 bridgehead atoms. The van der Waals surface area contributed by atoms with Crippen molar-refractivity contribution >= 4 is 22.9 Å². The largest absolute Gasteiger partial charge is 0.389 e. The predicted molar refractivity (Wildman–Crippen MR) is 77.4 cm³/mol. The molecule has 0 heterocycles. The summed E-state index contributed by atoms with van der Waals surface area (Å²) in [5, 5.41) is 3.58. The maximum Gasteiger partial charge on any atom is 0.106 e. The van der Waals surface area contributed by atoms with E-state index in [4.69, 9.17) is 18.0 Å². The molecule has 0 aliphatic heterocycles. The van der Waals surface area contributed by atoms with E-state index in [1.807, 2.05) is 18.2 Å². The molecule has 0 unspecified atom stereocenters. The molecule has 1 fully saturated rings. The van der Waals surface area contributed by atoms with Gasteiger partial charge in [-0.15, -0.1) is 0 Å². The first kappa shape index (κ1) is 12.4. The predicted octanol–water partition coefficient (Wildman–Crippen LogP) is 3.31. The first-order valence-electron chi connectivity index (χ1n) is 6.32. The molecule has 0 aromatic heterocycles. The second-order valence-corrected chi connectivity index (χ2v) is 5.45. The minimum Gasteiger partial charge on any atom is -0.389 e. The Balaban J connectivity index is 2.05. The van der Waals surface area contributed by atoms with Crippen molar-refractivity contribution in [3.05, 3.63) is 29.8 Å². The lowest BCUT2D eigenvalue weighted by atomic mass is 9.87. The van der Waals surface area contributed by atoms with Gasteiger partial charge in [0.25, 0.3) is 0 Å². The fourth-order valence-corrected chi connectivity index (χ4v) is 2.63. The zero-order valence-electron chi connectivity index (χ0n) is 10.3. The van der Waals surface area contributed by atoms with E-state index in [0.29, 0.717) is 11.0 Å². The summed E-state index contributed by atoms with van der Waals surface area (Å²) in [6.45, 7) is 2.33. The van der Waals surface area contributed by atoms with Gasteiger partial charge in [-0.1, -0.05) is 31.3 Å². The minimum atomic E-state index is 0.470. The van der Waals surface area contributed by atoms with E-state index in [1.54, 1.807) is 0 Å². The lowest BCUT2D eigenvalue weighted by molar-refractivity contribution is 0.361. The molecule has 0 atom stereocenters. The van der Waals surface area contributed by atoms with Crippen LogP contribution in [-0.2, 0) is 0 Å². The molecule has 1 aromatic rings. The van der Waals surface area contributed by atoms with Crippen LogP contribution < -0.4 is 11.1 Å². The molecule has 0 amide bonds. The van der Waals surface area contributed by atoms with Crippen LogP contribution in [0.1, 0.15) is 38.2 Å². The summed E-state index contributed by atoms with van der Waals surface area (Å²) in [6.07, 6.45) is 5.11. The van der Waals surface area contributed by atoms with Gasteiger partial charge in [0.2, 0.25) is 0 Å². The van der Waals surface area contributed by atoms with Crippen LogP contribution in [-0.4, -0.2) is 11.0 Å². The lowest BCUT2D eigenvalue weighted by Gasteiger charge is -2.28. The van der Waals surface area contributed by atoms with Crippen LogP contribution in [0, 0.1) is 5.92 Å². The van der Waals surface area contributed by atoms with Crippen molar-refractivity contribution < 1.29 is 0 Å². The van der Waals surface area contributed by atoms with Crippen molar-refractivity contribution in [1.82, 2.24) is 0 Å². The second kappa shape index (κ2) is 5.50. The Hall–Kier alpha value is -1.09. The third-order valence-corrected chi connectivity index (χ3v) is 3.79. The Kier molecular flexibility index (Phi) is 4.00. The quantitative estimate of drug-likeness (QED) is 0.806. The van der Waals surface area contributed by atoms with Crippen LogP contribution in [0.15, 0.2) is 24.3 Å². The van der Waals surface area contributed by atoms with Crippen LogP contribution in [0.3, 0.4) is 0 Å². The number of nitrogens with one attached hydrogen (secondary N) is 1. The Morgan fingerprint density at radius 1 is 1.24 bits per heavy atom. The topological polar surface area (TPSA) is 38.0 Å². The number of anilines is 1. The fraction of sp³-hybridized carbons (Fsp3) is 0.500. The molecule has 0 radical (unpaired) electrons. The molecular formula is C14H20N2S. The number of benzene rings is 1. The van der Waals surface area contributed by atoms with Gasteiger partial charge in [0, 0.05) is 17.3 Å². The third-order valence-electron chi connectivity index (χ3n) is 3.57. The van der Waals surface area contributed by atoms with E-state index in [-0.39, 0.29) is 0 Å². The van der Waals surface area contributed by atoms with Crippen molar-refractivity contribution in [2.24, 2.45) is 11.7 Å². The molecule has 2 rings (SSSR count). The van der Waals surface area contributed by atoms with Gasteiger partial charge in [0.05, 0.1) is 0 Å². The first-order chi connectivity index (χ1) is 8.16. The second-order valence-electron chi connectivity index (χ2n) is 5.01. The van der Waals surface area contributed by atoms with E-state index in [9.17, 15) is 0 Å². The molecule has 17 heavy (non-hydrogen) atoms. The smallest absolute Gasteiger partial charge is 0.106 e. The van der Waals surface area contributed by atoms with Crippen molar-refractivity contribution in [2.45, 2.75) is 38.6 Å². The average molecular weight is 248 g/mol. The molecular weight excluding hydrogens is 228 g/mol. The average Bonchev–Trinajstić information content (AvgIpc) is 2.32. The van der Waals surface area contributed by atoms with E-state index in [0.717, 1.165) is 17.2 Å². The zero-order valence-corrected chi connectivity index (χ0v) is 11.1.